The van der Waals surface area contributed by atoms with Crippen molar-refractivity contribution in [2.24, 2.45) is 0 Å². The van der Waals surface area contributed by atoms with E-state index >= 15 is 0 Å². The van der Waals surface area contributed by atoms with Crippen LogP contribution in [0.5, 0.6) is 5.75 Å². The summed E-state index contributed by atoms with van der Waals surface area (Å²) < 4.78 is 7.23. The van der Waals surface area contributed by atoms with Gasteiger partial charge in [0, 0.05) is 22.6 Å². The highest BCUT2D eigenvalue weighted by Crippen LogP contribution is 2.25. The molecule has 26 heavy (non-hydrogen) atoms. The molecule has 4 heteroatoms. The van der Waals surface area contributed by atoms with E-state index in [-0.39, 0.29) is 12.4 Å². The number of nitrogens with one attached hydrogen (secondary N) is 1. The van der Waals surface area contributed by atoms with Gasteiger partial charge in [0.2, 0.25) is 0 Å². The summed E-state index contributed by atoms with van der Waals surface area (Å²) in [4.78, 5) is 0. The minimum absolute atomic E-state index is 0. The van der Waals surface area contributed by atoms with Crippen LogP contribution in [0.2, 0.25) is 0 Å². The molecule has 1 aliphatic carbocycles. The Bertz CT molecular complexity index is 666. The highest BCUT2D eigenvalue weighted by molar-refractivity contribution is 9.10. The number of rotatable bonds is 6. The van der Waals surface area contributed by atoms with Gasteiger partial charge in [-0.1, -0.05) is 71.4 Å². The summed E-state index contributed by atoms with van der Waals surface area (Å²) in [6, 6.07) is 15.5. The number of benzene rings is 2. The van der Waals surface area contributed by atoms with Gasteiger partial charge in [-0.05, 0) is 43.5 Å². The Labute approximate surface area is 172 Å². The Morgan fingerprint density at radius 1 is 1.00 bits per heavy atom. The van der Waals surface area contributed by atoms with Crippen molar-refractivity contribution in [3.05, 3.63) is 63.6 Å². The molecule has 0 amide bonds. The predicted octanol–water partition coefficient (Wildman–Crippen LogP) is 6.57. The number of hydrogen-bond acceptors (Lipinski definition) is 2. The minimum Gasteiger partial charge on any atom is -0.489 e. The Kier molecular flexibility index (Phi) is 8.97. The van der Waals surface area contributed by atoms with E-state index < -0.39 is 0 Å². The lowest BCUT2D eigenvalue weighted by molar-refractivity contribution is 0.301. The molecule has 3 rings (SSSR count). The van der Waals surface area contributed by atoms with Crippen molar-refractivity contribution in [3.63, 3.8) is 0 Å². The lowest BCUT2D eigenvalue weighted by Gasteiger charge is -2.18. The first-order valence-electron chi connectivity index (χ1n) is 9.41. The van der Waals surface area contributed by atoms with E-state index in [4.69, 9.17) is 4.74 Å². The van der Waals surface area contributed by atoms with Crippen LogP contribution in [0.4, 0.5) is 0 Å². The lowest BCUT2D eigenvalue weighted by atomic mass is 10.1. The highest BCUT2D eigenvalue weighted by atomic mass is 79.9. The SMILES string of the molecule is Cc1ccc(COc2ccc(Br)cc2CNC2CCCCCC2)cc1.Cl. The van der Waals surface area contributed by atoms with E-state index in [2.05, 4.69) is 70.6 Å². The van der Waals surface area contributed by atoms with Crippen LogP contribution < -0.4 is 10.1 Å². The van der Waals surface area contributed by atoms with Gasteiger partial charge in [-0.15, -0.1) is 12.4 Å². The van der Waals surface area contributed by atoms with Gasteiger partial charge >= 0.3 is 0 Å². The molecule has 0 radical (unpaired) electrons. The molecule has 1 fully saturated rings. The normalized spacial score (nSPS) is 15.2. The Morgan fingerprint density at radius 2 is 1.69 bits per heavy atom. The summed E-state index contributed by atoms with van der Waals surface area (Å²) >= 11 is 3.60. The van der Waals surface area contributed by atoms with Gasteiger partial charge in [0.15, 0.2) is 0 Å². The summed E-state index contributed by atoms with van der Waals surface area (Å²) in [5.74, 6) is 0.977. The topological polar surface area (TPSA) is 21.3 Å². The summed E-state index contributed by atoms with van der Waals surface area (Å²) in [5, 5.41) is 3.75. The van der Waals surface area contributed by atoms with E-state index in [1.807, 2.05) is 0 Å². The van der Waals surface area contributed by atoms with Crippen LogP contribution in [-0.4, -0.2) is 6.04 Å². The van der Waals surface area contributed by atoms with Crippen molar-refractivity contribution in [2.45, 2.75) is 64.6 Å². The van der Waals surface area contributed by atoms with Crippen LogP contribution in [0.1, 0.15) is 55.2 Å². The van der Waals surface area contributed by atoms with Crippen molar-refractivity contribution >= 4 is 28.3 Å². The van der Waals surface area contributed by atoms with Gasteiger partial charge in [0.1, 0.15) is 12.4 Å². The smallest absolute Gasteiger partial charge is 0.124 e. The average molecular weight is 439 g/mol. The zero-order valence-corrected chi connectivity index (χ0v) is 17.9. The summed E-state index contributed by atoms with van der Waals surface area (Å²) in [6.45, 7) is 3.59. The van der Waals surface area contributed by atoms with Gasteiger partial charge in [-0.2, -0.15) is 0 Å². The number of aryl methyl sites for hydroxylation is 1. The maximum atomic E-state index is 6.12. The van der Waals surface area contributed by atoms with Gasteiger partial charge < -0.3 is 10.1 Å². The maximum absolute atomic E-state index is 6.12. The molecule has 0 bridgehead atoms. The van der Waals surface area contributed by atoms with Gasteiger partial charge in [-0.3, -0.25) is 0 Å². The van der Waals surface area contributed by atoms with E-state index in [0.29, 0.717) is 12.6 Å². The molecule has 1 saturated carbocycles. The molecule has 0 heterocycles. The maximum Gasteiger partial charge on any atom is 0.124 e. The second-order valence-corrected chi connectivity index (χ2v) is 8.01. The number of hydrogen-bond donors (Lipinski definition) is 1. The van der Waals surface area contributed by atoms with Crippen molar-refractivity contribution in [3.8, 4) is 5.75 Å². The fourth-order valence-corrected chi connectivity index (χ4v) is 3.82. The summed E-state index contributed by atoms with van der Waals surface area (Å²) in [5.41, 5.74) is 3.71. The molecule has 2 nitrogen and oxygen atoms in total. The molecule has 1 aliphatic rings. The van der Waals surface area contributed by atoms with Gasteiger partial charge in [0.05, 0.1) is 0 Å². The van der Waals surface area contributed by atoms with Gasteiger partial charge in [-0.25, -0.2) is 0 Å². The molecule has 0 atom stereocenters. The zero-order valence-electron chi connectivity index (χ0n) is 15.5. The molecule has 0 unspecified atom stereocenters. The third kappa shape index (κ3) is 6.61. The second kappa shape index (κ2) is 11.0. The monoisotopic (exact) mass is 437 g/mol. The first kappa shape index (κ1) is 21.3. The Morgan fingerprint density at radius 3 is 2.38 bits per heavy atom. The second-order valence-electron chi connectivity index (χ2n) is 7.10. The van der Waals surface area contributed by atoms with Crippen molar-refractivity contribution < 1.29 is 4.74 Å². The van der Waals surface area contributed by atoms with Crippen LogP contribution >= 0.6 is 28.3 Å². The van der Waals surface area contributed by atoms with Crippen LogP contribution in [-0.2, 0) is 13.2 Å². The highest BCUT2D eigenvalue weighted by Gasteiger charge is 2.13. The third-order valence-corrected chi connectivity index (χ3v) is 5.47. The van der Waals surface area contributed by atoms with E-state index in [0.717, 1.165) is 16.8 Å². The minimum atomic E-state index is 0. The van der Waals surface area contributed by atoms with Crippen LogP contribution in [0.15, 0.2) is 46.9 Å². The first-order chi connectivity index (χ1) is 12.2. The largest absolute Gasteiger partial charge is 0.489 e. The van der Waals surface area contributed by atoms with E-state index in [1.165, 1.54) is 55.2 Å². The molecule has 2 aromatic carbocycles. The molecule has 0 saturated heterocycles. The molecular formula is C22H29BrClNO. The summed E-state index contributed by atoms with van der Waals surface area (Å²) in [6.07, 6.45) is 8.08. The molecule has 0 aromatic heterocycles. The third-order valence-electron chi connectivity index (χ3n) is 4.97. The lowest BCUT2D eigenvalue weighted by Crippen LogP contribution is -2.28. The van der Waals surface area contributed by atoms with Crippen molar-refractivity contribution in [2.75, 3.05) is 0 Å². The number of ether oxygens (including phenoxy) is 1. The fraction of sp³-hybridized carbons (Fsp3) is 0.455. The van der Waals surface area contributed by atoms with E-state index in [1.54, 1.807) is 0 Å². The summed E-state index contributed by atoms with van der Waals surface area (Å²) in [7, 11) is 0. The fourth-order valence-electron chi connectivity index (χ4n) is 3.41. The van der Waals surface area contributed by atoms with Crippen molar-refractivity contribution in [1.82, 2.24) is 5.32 Å². The van der Waals surface area contributed by atoms with E-state index in [9.17, 15) is 0 Å². The quantitative estimate of drug-likeness (QED) is 0.515. The van der Waals surface area contributed by atoms with Crippen molar-refractivity contribution in [1.29, 1.82) is 0 Å². The average Bonchev–Trinajstić information content (AvgIpc) is 2.89. The zero-order chi connectivity index (χ0) is 17.5. The number of halogens is 2. The predicted molar refractivity (Wildman–Crippen MR) is 115 cm³/mol. The molecular weight excluding hydrogens is 410 g/mol. The Balaban J connectivity index is 0.00000243. The van der Waals surface area contributed by atoms with Gasteiger partial charge in [0.25, 0.3) is 0 Å². The molecule has 0 spiro atoms. The van der Waals surface area contributed by atoms with Crippen LogP contribution in [0, 0.1) is 6.92 Å². The first-order valence-corrected chi connectivity index (χ1v) is 10.2. The molecule has 0 aliphatic heterocycles. The van der Waals surface area contributed by atoms with Crippen LogP contribution in [0.25, 0.3) is 0 Å². The Hall–Kier alpha value is -1.03. The molecule has 142 valence electrons. The standard InChI is InChI=1S/C22H28BrNO.ClH/c1-17-8-10-18(11-9-17)16-25-22-13-12-20(23)14-19(22)15-24-21-6-4-2-3-5-7-21;/h8-14,21,24H,2-7,15-16H2,1H3;1H. The molecule has 2 aromatic rings. The van der Waals surface area contributed by atoms with Crippen LogP contribution in [0.3, 0.4) is 0 Å². The molecule has 1 N–H and O–H groups in total.